The number of aromatic hydroxyl groups is 1. The molecule has 0 fully saturated rings. The van der Waals surface area contributed by atoms with Gasteiger partial charge in [0.1, 0.15) is 5.82 Å². The van der Waals surface area contributed by atoms with Crippen LogP contribution in [0.25, 0.3) is 0 Å². The molecule has 0 spiro atoms. The first-order chi connectivity index (χ1) is 8.31. The van der Waals surface area contributed by atoms with Crippen LogP contribution in [0, 0.1) is 5.82 Å². The van der Waals surface area contributed by atoms with Crippen molar-refractivity contribution in [3.05, 3.63) is 23.0 Å². The summed E-state index contributed by atoms with van der Waals surface area (Å²) in [5.41, 5.74) is -0.285. The van der Waals surface area contributed by atoms with E-state index in [1.165, 1.54) is 0 Å². The summed E-state index contributed by atoms with van der Waals surface area (Å²) >= 11 is 5.56. The summed E-state index contributed by atoms with van der Waals surface area (Å²) in [5, 5.41) is 9.31. The summed E-state index contributed by atoms with van der Waals surface area (Å²) < 4.78 is 40.1. The van der Waals surface area contributed by atoms with Crippen LogP contribution >= 0.6 is 11.6 Å². The number of anilines is 1. The Balaban J connectivity index is 3.12. The second-order valence-corrected chi connectivity index (χ2v) is 5.55. The van der Waals surface area contributed by atoms with E-state index >= 15 is 0 Å². The molecule has 0 bridgehead atoms. The standard InChI is InChI=1S/C10H14ClFN2O3S/c1-3-14(4-2)18(16,17)13-9-6-7(12)5-8(11)10(9)15/h5-6,13,15H,3-4H2,1-2H3. The number of phenolic OH excluding ortho intramolecular Hbond substituents is 1. The Hall–Kier alpha value is -1.05. The highest BCUT2D eigenvalue weighted by Crippen LogP contribution is 2.33. The lowest BCUT2D eigenvalue weighted by Crippen LogP contribution is -2.35. The zero-order valence-corrected chi connectivity index (χ0v) is 11.5. The van der Waals surface area contributed by atoms with Gasteiger partial charge >= 0.3 is 10.2 Å². The van der Waals surface area contributed by atoms with Gasteiger partial charge in [-0.1, -0.05) is 25.4 Å². The lowest BCUT2D eigenvalue weighted by atomic mass is 10.3. The maximum atomic E-state index is 13.1. The van der Waals surface area contributed by atoms with Gasteiger partial charge in [0.05, 0.1) is 10.7 Å². The highest BCUT2D eigenvalue weighted by molar-refractivity contribution is 7.90. The Morgan fingerprint density at radius 2 is 1.94 bits per heavy atom. The number of hydrogen-bond acceptors (Lipinski definition) is 3. The largest absolute Gasteiger partial charge is 0.504 e. The molecule has 8 heteroatoms. The predicted octanol–water partition coefficient (Wildman–Crippen LogP) is 2.18. The molecule has 0 aliphatic carbocycles. The second kappa shape index (κ2) is 5.73. The molecule has 0 aliphatic heterocycles. The van der Waals surface area contributed by atoms with E-state index < -0.39 is 21.8 Å². The van der Waals surface area contributed by atoms with E-state index in [2.05, 4.69) is 4.72 Å². The number of phenols is 1. The second-order valence-electron chi connectivity index (χ2n) is 3.48. The third kappa shape index (κ3) is 3.24. The zero-order chi connectivity index (χ0) is 13.9. The van der Waals surface area contributed by atoms with Crippen molar-refractivity contribution in [1.29, 1.82) is 0 Å². The summed E-state index contributed by atoms with van der Waals surface area (Å²) in [7, 11) is -3.83. The average molecular weight is 297 g/mol. The number of benzene rings is 1. The first kappa shape index (κ1) is 15.0. The van der Waals surface area contributed by atoms with Gasteiger partial charge in [-0.25, -0.2) is 4.39 Å². The number of halogens is 2. The number of rotatable bonds is 5. The normalized spacial score (nSPS) is 11.8. The van der Waals surface area contributed by atoms with Gasteiger partial charge in [-0.15, -0.1) is 0 Å². The molecule has 1 aromatic carbocycles. The first-order valence-corrected chi connectivity index (χ1v) is 7.09. The molecule has 5 nitrogen and oxygen atoms in total. The van der Waals surface area contributed by atoms with Crippen LogP contribution in [0.1, 0.15) is 13.8 Å². The average Bonchev–Trinajstić information content (AvgIpc) is 2.26. The fraction of sp³-hybridized carbons (Fsp3) is 0.400. The number of nitrogens with one attached hydrogen (secondary N) is 1. The van der Waals surface area contributed by atoms with E-state index in [9.17, 15) is 17.9 Å². The van der Waals surface area contributed by atoms with Gasteiger partial charge in [-0.05, 0) is 6.07 Å². The van der Waals surface area contributed by atoms with Crippen molar-refractivity contribution in [2.24, 2.45) is 0 Å². The van der Waals surface area contributed by atoms with Gasteiger partial charge in [0.2, 0.25) is 0 Å². The number of hydrogen-bond donors (Lipinski definition) is 2. The van der Waals surface area contributed by atoms with Crippen molar-refractivity contribution >= 4 is 27.5 Å². The van der Waals surface area contributed by atoms with Crippen molar-refractivity contribution in [2.45, 2.75) is 13.8 Å². The third-order valence-electron chi connectivity index (χ3n) is 2.31. The van der Waals surface area contributed by atoms with E-state index in [-0.39, 0.29) is 23.8 Å². The molecule has 0 amide bonds. The zero-order valence-electron chi connectivity index (χ0n) is 9.94. The van der Waals surface area contributed by atoms with Crippen LogP contribution in [0.4, 0.5) is 10.1 Å². The minimum atomic E-state index is -3.83. The highest BCUT2D eigenvalue weighted by Gasteiger charge is 2.21. The van der Waals surface area contributed by atoms with Crippen molar-refractivity contribution in [3.8, 4) is 5.75 Å². The molecular weight excluding hydrogens is 283 g/mol. The predicted molar refractivity (Wildman–Crippen MR) is 68.5 cm³/mol. The van der Waals surface area contributed by atoms with Crippen LogP contribution in [-0.2, 0) is 10.2 Å². The van der Waals surface area contributed by atoms with Crippen LogP contribution in [0.2, 0.25) is 5.02 Å². The van der Waals surface area contributed by atoms with Crippen LogP contribution in [-0.4, -0.2) is 30.9 Å². The molecule has 102 valence electrons. The van der Waals surface area contributed by atoms with Crippen LogP contribution in [0.5, 0.6) is 5.75 Å². The smallest absolute Gasteiger partial charge is 0.301 e. The SMILES string of the molecule is CCN(CC)S(=O)(=O)Nc1cc(F)cc(Cl)c1O. The van der Waals surface area contributed by atoms with E-state index in [0.29, 0.717) is 0 Å². The summed E-state index contributed by atoms with van der Waals surface area (Å²) in [6.07, 6.45) is 0. The number of nitrogens with zero attached hydrogens (tertiary/aromatic N) is 1. The van der Waals surface area contributed by atoms with Gasteiger partial charge in [0, 0.05) is 19.2 Å². The molecule has 0 radical (unpaired) electrons. The monoisotopic (exact) mass is 296 g/mol. The van der Waals surface area contributed by atoms with Gasteiger partial charge < -0.3 is 5.11 Å². The van der Waals surface area contributed by atoms with Gasteiger partial charge in [0.15, 0.2) is 5.75 Å². The molecule has 0 saturated carbocycles. The summed E-state index contributed by atoms with van der Waals surface area (Å²) in [6, 6.07) is 1.76. The molecule has 0 saturated heterocycles. The fourth-order valence-electron chi connectivity index (χ4n) is 1.41. The van der Waals surface area contributed by atoms with Gasteiger partial charge in [-0.2, -0.15) is 12.7 Å². The lowest BCUT2D eigenvalue weighted by molar-refractivity contribution is 0.448. The summed E-state index contributed by atoms with van der Waals surface area (Å²) in [5.74, 6) is -1.25. The molecule has 0 aromatic heterocycles. The third-order valence-corrected chi connectivity index (χ3v) is 4.27. The van der Waals surface area contributed by atoms with Crippen molar-refractivity contribution in [2.75, 3.05) is 17.8 Å². The maximum Gasteiger partial charge on any atom is 0.301 e. The van der Waals surface area contributed by atoms with E-state index in [0.717, 1.165) is 16.4 Å². The minimum absolute atomic E-state index is 0.257. The lowest BCUT2D eigenvalue weighted by Gasteiger charge is -2.20. The Labute approximate surface area is 110 Å². The molecule has 1 rings (SSSR count). The molecule has 2 N–H and O–H groups in total. The van der Waals surface area contributed by atoms with Crippen molar-refractivity contribution in [3.63, 3.8) is 0 Å². The van der Waals surface area contributed by atoms with Gasteiger partial charge in [-0.3, -0.25) is 4.72 Å². The summed E-state index contributed by atoms with van der Waals surface area (Å²) in [4.78, 5) is 0. The molecule has 0 aliphatic rings. The fourth-order valence-corrected chi connectivity index (χ4v) is 2.86. The van der Waals surface area contributed by atoms with E-state index in [4.69, 9.17) is 11.6 Å². The molecule has 18 heavy (non-hydrogen) atoms. The molecule has 0 unspecified atom stereocenters. The van der Waals surface area contributed by atoms with Crippen LogP contribution in [0.3, 0.4) is 0 Å². The van der Waals surface area contributed by atoms with Crippen molar-refractivity contribution < 1.29 is 17.9 Å². The first-order valence-electron chi connectivity index (χ1n) is 5.27. The van der Waals surface area contributed by atoms with Crippen molar-refractivity contribution in [1.82, 2.24) is 4.31 Å². The molecule has 1 aromatic rings. The highest BCUT2D eigenvalue weighted by atomic mass is 35.5. The Kier molecular flexibility index (Phi) is 4.78. The Morgan fingerprint density at radius 3 is 2.44 bits per heavy atom. The molecule has 0 atom stereocenters. The summed E-state index contributed by atoms with van der Waals surface area (Å²) in [6.45, 7) is 3.85. The Bertz CT molecular complexity index is 532. The van der Waals surface area contributed by atoms with Gasteiger partial charge in [0.25, 0.3) is 0 Å². The quantitative estimate of drug-likeness (QED) is 0.818. The maximum absolute atomic E-state index is 13.1. The Morgan fingerprint density at radius 1 is 1.39 bits per heavy atom. The topological polar surface area (TPSA) is 69.6 Å². The molecule has 0 heterocycles. The van der Waals surface area contributed by atoms with E-state index in [1.807, 2.05) is 0 Å². The minimum Gasteiger partial charge on any atom is -0.504 e. The van der Waals surface area contributed by atoms with E-state index in [1.54, 1.807) is 13.8 Å². The molecular formula is C10H14ClFN2O3S. The van der Waals surface area contributed by atoms with Crippen LogP contribution in [0.15, 0.2) is 12.1 Å². The van der Waals surface area contributed by atoms with Crippen LogP contribution < -0.4 is 4.72 Å².